The molecule has 22 heavy (non-hydrogen) atoms. The van der Waals surface area contributed by atoms with E-state index in [0.29, 0.717) is 36.4 Å². The van der Waals surface area contributed by atoms with Crippen LogP contribution in [0, 0.1) is 0 Å². The molecule has 1 aromatic rings. The lowest BCUT2D eigenvalue weighted by atomic mass is 10.1. The van der Waals surface area contributed by atoms with Crippen molar-refractivity contribution in [3.63, 3.8) is 0 Å². The number of hydrogen-bond acceptors (Lipinski definition) is 5. The van der Waals surface area contributed by atoms with E-state index in [4.69, 9.17) is 4.74 Å². The third-order valence-corrected chi connectivity index (χ3v) is 3.43. The zero-order chi connectivity index (χ0) is 16.7. The summed E-state index contributed by atoms with van der Waals surface area (Å²) in [5.74, 6) is -0.904. The van der Waals surface area contributed by atoms with E-state index in [1.807, 2.05) is 0 Å². The van der Waals surface area contributed by atoms with Crippen molar-refractivity contribution in [1.82, 2.24) is 4.90 Å². The maximum Gasteiger partial charge on any atom is 0.338 e. The molecule has 122 valence electrons. The second-order valence-electron chi connectivity index (χ2n) is 5.63. The Kier molecular flexibility index (Phi) is 7.05. The fourth-order valence-corrected chi connectivity index (χ4v) is 2.33. The fourth-order valence-electron chi connectivity index (χ4n) is 2.33. The van der Waals surface area contributed by atoms with Crippen molar-refractivity contribution in [2.45, 2.75) is 39.8 Å². The molecule has 0 saturated carbocycles. The molecule has 1 aromatic carbocycles. The van der Waals surface area contributed by atoms with Gasteiger partial charge in [-0.3, -0.25) is 4.90 Å². The fraction of sp³-hybridized carbons (Fsp3) is 0.529. The lowest BCUT2D eigenvalue weighted by Crippen LogP contribution is -2.39. The van der Waals surface area contributed by atoms with Crippen molar-refractivity contribution in [2.75, 3.05) is 20.3 Å². The zero-order valence-corrected chi connectivity index (χ0v) is 14.0. The molecule has 0 atom stereocenters. The number of nitrogens with zero attached hydrogens (tertiary/aromatic N) is 1. The molecule has 0 aromatic heterocycles. The Balaban J connectivity index is 2.61. The predicted octanol–water partition coefficient (Wildman–Crippen LogP) is 2.75. The van der Waals surface area contributed by atoms with E-state index in [1.54, 1.807) is 18.2 Å². The number of benzene rings is 1. The Hall–Kier alpha value is -1.88. The van der Waals surface area contributed by atoms with Gasteiger partial charge in [0.15, 0.2) is 0 Å². The molecule has 0 fully saturated rings. The van der Waals surface area contributed by atoms with Crippen LogP contribution in [0.5, 0.6) is 0 Å². The minimum Gasteiger partial charge on any atom is -0.465 e. The van der Waals surface area contributed by atoms with E-state index in [-0.39, 0.29) is 0 Å². The molecule has 0 unspecified atom stereocenters. The van der Waals surface area contributed by atoms with Crippen LogP contribution in [0.1, 0.15) is 48.4 Å². The van der Waals surface area contributed by atoms with Gasteiger partial charge in [-0.05, 0) is 45.9 Å². The molecule has 0 aliphatic rings. The summed E-state index contributed by atoms with van der Waals surface area (Å²) in [6, 6.07) is 7.12. The van der Waals surface area contributed by atoms with Gasteiger partial charge in [-0.2, -0.15) is 0 Å². The molecule has 0 saturated heterocycles. The molecule has 1 rings (SSSR count). The van der Waals surface area contributed by atoms with Crippen LogP contribution >= 0.6 is 0 Å². The number of methoxy groups -OCH3 is 1. The van der Waals surface area contributed by atoms with Gasteiger partial charge in [0.2, 0.25) is 0 Å². The van der Waals surface area contributed by atoms with E-state index in [2.05, 4.69) is 37.3 Å². The highest BCUT2D eigenvalue weighted by atomic mass is 16.5. The van der Waals surface area contributed by atoms with Crippen LogP contribution in [0.25, 0.3) is 0 Å². The van der Waals surface area contributed by atoms with Gasteiger partial charge in [-0.1, -0.05) is 6.07 Å². The Morgan fingerprint density at radius 1 is 1.05 bits per heavy atom. The normalized spacial score (nSPS) is 11.1. The third-order valence-electron chi connectivity index (χ3n) is 3.43. The first-order valence-electron chi connectivity index (χ1n) is 7.48. The summed E-state index contributed by atoms with van der Waals surface area (Å²) in [6.07, 6.45) is 0. The molecule has 0 aliphatic heterocycles. The first kappa shape index (κ1) is 18.2. The van der Waals surface area contributed by atoms with E-state index in [1.165, 1.54) is 13.2 Å². The lowest BCUT2D eigenvalue weighted by molar-refractivity contribution is 0.0417. The minimum absolute atomic E-state index is 0.317. The van der Waals surface area contributed by atoms with Gasteiger partial charge in [0.25, 0.3) is 0 Å². The summed E-state index contributed by atoms with van der Waals surface area (Å²) < 4.78 is 9.93. The van der Waals surface area contributed by atoms with Gasteiger partial charge in [0.05, 0.1) is 18.2 Å². The molecule has 5 heteroatoms. The molecule has 0 bridgehead atoms. The van der Waals surface area contributed by atoms with Crippen molar-refractivity contribution in [1.29, 1.82) is 0 Å². The largest absolute Gasteiger partial charge is 0.465 e. The van der Waals surface area contributed by atoms with Crippen LogP contribution in [0.2, 0.25) is 0 Å². The molecule has 0 amide bonds. The maximum absolute atomic E-state index is 12.0. The van der Waals surface area contributed by atoms with Crippen LogP contribution in [0.3, 0.4) is 0 Å². The SMILES string of the molecule is COC(=O)c1cccc(C(=O)OCCN(C(C)C)C(C)C)c1. The van der Waals surface area contributed by atoms with E-state index < -0.39 is 11.9 Å². The van der Waals surface area contributed by atoms with Gasteiger partial charge >= 0.3 is 11.9 Å². The summed E-state index contributed by atoms with van der Waals surface area (Å²) in [6.45, 7) is 9.45. The van der Waals surface area contributed by atoms with Crippen molar-refractivity contribution < 1.29 is 19.1 Å². The van der Waals surface area contributed by atoms with Gasteiger partial charge in [-0.25, -0.2) is 9.59 Å². The van der Waals surface area contributed by atoms with Crippen LogP contribution in [0.4, 0.5) is 0 Å². The van der Waals surface area contributed by atoms with E-state index >= 15 is 0 Å². The molecule has 5 nitrogen and oxygen atoms in total. The number of carbonyl (C=O) groups is 2. The second-order valence-corrected chi connectivity index (χ2v) is 5.63. The summed E-state index contributed by atoms with van der Waals surface area (Å²) in [4.78, 5) is 25.7. The summed E-state index contributed by atoms with van der Waals surface area (Å²) in [5, 5.41) is 0. The first-order chi connectivity index (χ1) is 10.4. The topological polar surface area (TPSA) is 55.8 Å². The monoisotopic (exact) mass is 307 g/mol. The van der Waals surface area contributed by atoms with Crippen molar-refractivity contribution in [3.8, 4) is 0 Å². The number of esters is 2. The van der Waals surface area contributed by atoms with Crippen LogP contribution in [0.15, 0.2) is 24.3 Å². The van der Waals surface area contributed by atoms with Gasteiger partial charge in [0, 0.05) is 18.6 Å². The summed E-state index contributed by atoms with van der Waals surface area (Å²) in [7, 11) is 1.31. The molecular formula is C17H25NO4. The predicted molar refractivity (Wildman–Crippen MR) is 85.0 cm³/mol. The highest BCUT2D eigenvalue weighted by Gasteiger charge is 2.15. The lowest BCUT2D eigenvalue weighted by Gasteiger charge is -2.30. The average molecular weight is 307 g/mol. The highest BCUT2D eigenvalue weighted by Crippen LogP contribution is 2.09. The Morgan fingerprint density at radius 2 is 1.59 bits per heavy atom. The number of carbonyl (C=O) groups excluding carboxylic acids is 2. The van der Waals surface area contributed by atoms with Crippen LogP contribution < -0.4 is 0 Å². The Bertz CT molecular complexity index is 503. The number of hydrogen-bond donors (Lipinski definition) is 0. The third kappa shape index (κ3) is 5.15. The first-order valence-corrected chi connectivity index (χ1v) is 7.48. The summed E-state index contributed by atoms with van der Waals surface area (Å²) >= 11 is 0. The maximum atomic E-state index is 12.0. The van der Waals surface area contributed by atoms with Gasteiger partial charge in [-0.15, -0.1) is 0 Å². The zero-order valence-electron chi connectivity index (χ0n) is 14.0. The quantitative estimate of drug-likeness (QED) is 0.725. The molecule has 0 N–H and O–H groups in total. The van der Waals surface area contributed by atoms with E-state index in [9.17, 15) is 9.59 Å². The van der Waals surface area contributed by atoms with Gasteiger partial charge < -0.3 is 9.47 Å². The molecule has 0 aliphatic carbocycles. The van der Waals surface area contributed by atoms with Crippen molar-refractivity contribution in [3.05, 3.63) is 35.4 Å². The number of rotatable bonds is 7. The van der Waals surface area contributed by atoms with Crippen molar-refractivity contribution in [2.24, 2.45) is 0 Å². The minimum atomic E-state index is -0.472. The highest BCUT2D eigenvalue weighted by molar-refractivity contribution is 5.95. The molecule has 0 heterocycles. The molecule has 0 spiro atoms. The number of ether oxygens (including phenoxy) is 2. The van der Waals surface area contributed by atoms with Crippen LogP contribution in [-0.2, 0) is 9.47 Å². The van der Waals surface area contributed by atoms with Gasteiger partial charge in [0.1, 0.15) is 6.61 Å². The summed E-state index contributed by atoms with van der Waals surface area (Å²) in [5.41, 5.74) is 0.687. The molecule has 0 radical (unpaired) electrons. The molecular weight excluding hydrogens is 282 g/mol. The van der Waals surface area contributed by atoms with E-state index in [0.717, 1.165) is 0 Å². The average Bonchev–Trinajstić information content (AvgIpc) is 2.49. The standard InChI is InChI=1S/C17H25NO4/c1-12(2)18(13(3)4)9-10-22-17(20)15-8-6-7-14(11-15)16(19)21-5/h6-8,11-13H,9-10H2,1-5H3. The Morgan fingerprint density at radius 3 is 2.09 bits per heavy atom. The second kappa shape index (κ2) is 8.54. The Labute approximate surface area is 132 Å². The van der Waals surface area contributed by atoms with Crippen LogP contribution in [-0.4, -0.2) is 49.2 Å². The smallest absolute Gasteiger partial charge is 0.338 e. The van der Waals surface area contributed by atoms with Crippen molar-refractivity contribution >= 4 is 11.9 Å².